The summed E-state index contributed by atoms with van der Waals surface area (Å²) in [6.07, 6.45) is 4.28. The van der Waals surface area contributed by atoms with Crippen molar-refractivity contribution in [2.45, 2.75) is 40.5 Å². The van der Waals surface area contributed by atoms with Gasteiger partial charge in [-0.1, -0.05) is 38.7 Å². The quantitative estimate of drug-likeness (QED) is 0.616. The zero-order valence-electron chi connectivity index (χ0n) is 13.9. The summed E-state index contributed by atoms with van der Waals surface area (Å²) in [6.45, 7) is 17.2. The summed E-state index contributed by atoms with van der Waals surface area (Å²) in [7, 11) is 0. The minimum atomic E-state index is -0.644. The number of hydrogen-bond donors (Lipinski definition) is 1. The molecule has 1 heterocycles. The lowest BCUT2D eigenvalue weighted by atomic mass is 9.97. The van der Waals surface area contributed by atoms with Gasteiger partial charge in [-0.25, -0.2) is 4.39 Å². The maximum absolute atomic E-state index is 11.5. The third-order valence-corrected chi connectivity index (χ3v) is 2.78. The molecule has 1 aliphatic heterocycles. The molecule has 1 N–H and O–H groups in total. The predicted octanol–water partition coefficient (Wildman–Crippen LogP) is 4.43. The molecule has 4 heteroatoms. The molecule has 0 bridgehead atoms. The van der Waals surface area contributed by atoms with Crippen LogP contribution in [-0.2, 0) is 4.79 Å². The Morgan fingerprint density at radius 2 is 1.81 bits per heavy atom. The van der Waals surface area contributed by atoms with Gasteiger partial charge >= 0.3 is 5.97 Å². The van der Waals surface area contributed by atoms with Crippen LogP contribution >= 0.6 is 0 Å². The van der Waals surface area contributed by atoms with Crippen LogP contribution in [0, 0.1) is 5.92 Å². The lowest BCUT2D eigenvalue weighted by Crippen LogP contribution is -2.37. The fraction of sp³-hybridized carbons (Fsp3) is 0.588. The van der Waals surface area contributed by atoms with E-state index in [-0.39, 0.29) is 11.7 Å². The van der Waals surface area contributed by atoms with Gasteiger partial charge in [-0.15, -0.1) is 0 Å². The summed E-state index contributed by atoms with van der Waals surface area (Å²) in [5.41, 5.74) is 1.15. The second-order valence-corrected chi connectivity index (χ2v) is 4.83. The number of hydrogen-bond acceptors (Lipinski definition) is 2. The molecule has 0 aromatic heterocycles. The van der Waals surface area contributed by atoms with Crippen LogP contribution in [0.5, 0.6) is 0 Å². The highest BCUT2D eigenvalue weighted by Gasteiger charge is 2.23. The fourth-order valence-electron chi connectivity index (χ4n) is 1.88. The molecule has 0 spiro atoms. The number of likely N-dealkylation sites (tertiary alicyclic amines) is 1. The van der Waals surface area contributed by atoms with E-state index in [0.29, 0.717) is 0 Å². The van der Waals surface area contributed by atoms with Crippen molar-refractivity contribution in [1.82, 2.24) is 4.90 Å². The normalized spacial score (nSPS) is 16.0. The number of carboxylic acids is 1. The van der Waals surface area contributed by atoms with Crippen molar-refractivity contribution in [2.75, 3.05) is 19.6 Å². The summed E-state index contributed by atoms with van der Waals surface area (Å²) in [4.78, 5) is 12.9. The second kappa shape index (κ2) is 13.6. The summed E-state index contributed by atoms with van der Waals surface area (Å²) < 4.78 is 11.5. The third-order valence-electron chi connectivity index (χ3n) is 2.78. The summed E-state index contributed by atoms with van der Waals surface area (Å²) >= 11 is 0. The average Bonchev–Trinajstić information content (AvgIpc) is 2.41. The molecule has 0 aromatic carbocycles. The molecule has 122 valence electrons. The van der Waals surface area contributed by atoms with Gasteiger partial charge in [0.05, 0.1) is 11.7 Å². The molecule has 1 aliphatic rings. The van der Waals surface area contributed by atoms with E-state index in [4.69, 9.17) is 5.11 Å². The third kappa shape index (κ3) is 13.3. The van der Waals surface area contributed by atoms with E-state index in [1.54, 1.807) is 0 Å². The highest BCUT2D eigenvalue weighted by molar-refractivity contribution is 5.70. The predicted molar refractivity (Wildman–Crippen MR) is 88.0 cm³/mol. The zero-order valence-corrected chi connectivity index (χ0v) is 13.9. The highest BCUT2D eigenvalue weighted by atomic mass is 19.1. The number of halogens is 1. The second-order valence-electron chi connectivity index (χ2n) is 4.83. The van der Waals surface area contributed by atoms with Gasteiger partial charge in [0.1, 0.15) is 0 Å². The number of piperidine rings is 1. The summed E-state index contributed by atoms with van der Waals surface area (Å²) in [6, 6.07) is 0. The molecule has 21 heavy (non-hydrogen) atoms. The van der Waals surface area contributed by atoms with Crippen LogP contribution in [-0.4, -0.2) is 35.6 Å². The van der Waals surface area contributed by atoms with E-state index < -0.39 is 5.97 Å². The zero-order chi connectivity index (χ0) is 16.8. The first-order valence-corrected chi connectivity index (χ1v) is 7.41. The number of aliphatic carboxylic acids is 1. The minimum Gasteiger partial charge on any atom is -0.481 e. The van der Waals surface area contributed by atoms with Gasteiger partial charge in [0.15, 0.2) is 0 Å². The van der Waals surface area contributed by atoms with Gasteiger partial charge in [-0.3, -0.25) is 9.69 Å². The Balaban J connectivity index is 0. The molecular weight excluding hydrogens is 269 g/mol. The molecule has 1 rings (SSSR count). The van der Waals surface area contributed by atoms with Crippen molar-refractivity contribution >= 4 is 5.97 Å². The highest BCUT2D eigenvalue weighted by Crippen LogP contribution is 2.17. The van der Waals surface area contributed by atoms with Crippen molar-refractivity contribution < 1.29 is 14.3 Å². The van der Waals surface area contributed by atoms with Crippen LogP contribution in [0.15, 0.2) is 36.7 Å². The minimum absolute atomic E-state index is 0.124. The Morgan fingerprint density at radius 1 is 1.33 bits per heavy atom. The van der Waals surface area contributed by atoms with Crippen LogP contribution in [0.4, 0.5) is 4.39 Å². The molecular formula is C17H30FNO2. The largest absolute Gasteiger partial charge is 0.481 e. The molecule has 0 aromatic rings. The topological polar surface area (TPSA) is 40.5 Å². The first kappa shape index (κ1) is 21.9. The molecule has 1 saturated heterocycles. The van der Waals surface area contributed by atoms with Gasteiger partial charge in [0.25, 0.3) is 0 Å². The van der Waals surface area contributed by atoms with Crippen LogP contribution < -0.4 is 0 Å². The van der Waals surface area contributed by atoms with Crippen LogP contribution in [0.2, 0.25) is 0 Å². The molecule has 0 radical (unpaired) electrons. The van der Waals surface area contributed by atoms with Crippen molar-refractivity contribution in [3.05, 3.63) is 36.7 Å². The van der Waals surface area contributed by atoms with E-state index in [1.807, 2.05) is 20.8 Å². The summed E-state index contributed by atoms with van der Waals surface area (Å²) in [5, 5.41) is 8.77. The van der Waals surface area contributed by atoms with Crippen molar-refractivity contribution in [3.63, 3.8) is 0 Å². The number of nitrogens with zero attached hydrogens (tertiary/aromatic N) is 1. The van der Waals surface area contributed by atoms with Crippen LogP contribution in [0.3, 0.4) is 0 Å². The molecule has 1 fully saturated rings. The number of carbonyl (C=O) groups is 1. The van der Waals surface area contributed by atoms with E-state index in [0.717, 1.165) is 38.0 Å². The Kier molecular flexibility index (Phi) is 14.1. The molecule has 3 nitrogen and oxygen atoms in total. The number of carboxylic acid groups (broad SMARTS) is 1. The number of rotatable bonds is 4. The van der Waals surface area contributed by atoms with Gasteiger partial charge in [0, 0.05) is 6.54 Å². The van der Waals surface area contributed by atoms with Crippen molar-refractivity contribution in [1.29, 1.82) is 0 Å². The first-order chi connectivity index (χ1) is 9.86. The molecule has 0 aliphatic carbocycles. The van der Waals surface area contributed by atoms with Gasteiger partial charge in [-0.05, 0) is 45.9 Å². The van der Waals surface area contributed by atoms with Crippen molar-refractivity contribution in [3.8, 4) is 0 Å². The SMILES string of the molecule is C=C(C)CN1CCC(C(=O)O)CC1.C=CC=C(C)F.CC. The smallest absolute Gasteiger partial charge is 0.306 e. The van der Waals surface area contributed by atoms with Gasteiger partial charge in [-0.2, -0.15) is 0 Å². The summed E-state index contributed by atoms with van der Waals surface area (Å²) in [5.74, 6) is -0.971. The Morgan fingerprint density at radius 3 is 2.05 bits per heavy atom. The molecule has 0 unspecified atom stereocenters. The molecule has 0 amide bonds. The maximum atomic E-state index is 11.5. The maximum Gasteiger partial charge on any atom is 0.306 e. The van der Waals surface area contributed by atoms with Crippen LogP contribution in [0.1, 0.15) is 40.5 Å². The average molecular weight is 299 g/mol. The standard InChI is InChI=1S/C10H17NO2.C5H7F.C2H6/c1-8(2)7-11-5-3-9(4-6-11)10(12)13;1-3-4-5(2)6;1-2/h9H,1,3-7H2,2H3,(H,12,13);3-4H,1H2,2H3;1-2H3. The Labute approximate surface area is 128 Å². The van der Waals surface area contributed by atoms with Crippen molar-refractivity contribution in [2.24, 2.45) is 5.92 Å². The number of allylic oxidation sites excluding steroid dienone is 3. The van der Waals surface area contributed by atoms with E-state index in [9.17, 15) is 9.18 Å². The van der Waals surface area contributed by atoms with E-state index in [2.05, 4.69) is 18.1 Å². The monoisotopic (exact) mass is 299 g/mol. The molecule has 0 atom stereocenters. The van der Waals surface area contributed by atoms with E-state index >= 15 is 0 Å². The lowest BCUT2D eigenvalue weighted by Gasteiger charge is -2.29. The van der Waals surface area contributed by atoms with Gasteiger partial charge < -0.3 is 5.11 Å². The van der Waals surface area contributed by atoms with E-state index in [1.165, 1.54) is 19.1 Å². The molecule has 0 saturated carbocycles. The van der Waals surface area contributed by atoms with Crippen LogP contribution in [0.25, 0.3) is 0 Å². The Hall–Kier alpha value is -1.42. The van der Waals surface area contributed by atoms with Gasteiger partial charge in [0.2, 0.25) is 0 Å². The Bertz CT molecular complexity index is 339. The fourth-order valence-corrected chi connectivity index (χ4v) is 1.88. The first-order valence-electron chi connectivity index (χ1n) is 7.41. The lowest BCUT2D eigenvalue weighted by molar-refractivity contribution is -0.143.